The van der Waals surface area contributed by atoms with Crippen molar-refractivity contribution in [2.75, 3.05) is 13.2 Å². The van der Waals surface area contributed by atoms with Crippen LogP contribution in [0.3, 0.4) is 0 Å². The Morgan fingerprint density at radius 1 is 1.35 bits per heavy atom. The fourth-order valence-electron chi connectivity index (χ4n) is 3.03. The van der Waals surface area contributed by atoms with E-state index in [0.717, 1.165) is 31.6 Å². The minimum absolute atomic E-state index is 0.0840. The second-order valence-electron chi connectivity index (χ2n) is 5.43. The molecule has 1 N–H and O–H groups in total. The van der Waals surface area contributed by atoms with E-state index >= 15 is 0 Å². The van der Waals surface area contributed by atoms with E-state index in [-0.39, 0.29) is 24.2 Å². The Labute approximate surface area is 124 Å². The first-order chi connectivity index (χ1) is 9.66. The van der Waals surface area contributed by atoms with Gasteiger partial charge in [0.05, 0.1) is 6.04 Å². The summed E-state index contributed by atoms with van der Waals surface area (Å²) in [6.45, 7) is 3.37. The van der Waals surface area contributed by atoms with Gasteiger partial charge in [-0.15, -0.1) is 0 Å². The van der Waals surface area contributed by atoms with Crippen LogP contribution in [-0.2, 0) is 9.53 Å². The fraction of sp³-hybridized carbons (Fsp3) is 0.533. The van der Waals surface area contributed by atoms with Gasteiger partial charge in [-0.05, 0) is 37.5 Å². The van der Waals surface area contributed by atoms with Gasteiger partial charge in [0.25, 0.3) is 0 Å². The lowest BCUT2D eigenvalue weighted by Gasteiger charge is -2.35. The molecule has 2 aliphatic heterocycles. The third-order valence-electron chi connectivity index (χ3n) is 4.06. The largest absolute Gasteiger partial charge is 0.381 e. The van der Waals surface area contributed by atoms with Gasteiger partial charge in [-0.1, -0.05) is 23.7 Å². The van der Waals surface area contributed by atoms with Crippen LogP contribution in [0.2, 0.25) is 5.02 Å². The lowest BCUT2D eigenvalue weighted by atomic mass is 10.0. The number of nitrogens with one attached hydrogen (secondary N) is 1. The molecule has 2 fully saturated rings. The molecular formula is C15H19ClN2O2. The average Bonchev–Trinajstić information content (AvgIpc) is 2.76. The maximum atomic E-state index is 12.5. The zero-order valence-corrected chi connectivity index (χ0v) is 12.3. The van der Waals surface area contributed by atoms with Crippen LogP contribution in [0.1, 0.15) is 31.5 Å². The lowest BCUT2D eigenvalue weighted by molar-refractivity contribution is -0.134. The van der Waals surface area contributed by atoms with Crippen molar-refractivity contribution >= 4 is 17.5 Å². The summed E-state index contributed by atoms with van der Waals surface area (Å²) in [6, 6.07) is 7.82. The molecule has 0 bridgehead atoms. The van der Waals surface area contributed by atoms with E-state index in [0.29, 0.717) is 5.02 Å². The minimum atomic E-state index is -0.151. The van der Waals surface area contributed by atoms with E-state index in [1.165, 1.54) is 0 Å². The van der Waals surface area contributed by atoms with E-state index in [2.05, 4.69) is 5.32 Å². The highest BCUT2D eigenvalue weighted by atomic mass is 35.5. The van der Waals surface area contributed by atoms with Gasteiger partial charge in [-0.2, -0.15) is 0 Å². The molecule has 20 heavy (non-hydrogen) atoms. The van der Waals surface area contributed by atoms with Gasteiger partial charge in [0.1, 0.15) is 6.17 Å². The number of halogens is 1. The van der Waals surface area contributed by atoms with Crippen LogP contribution in [0.4, 0.5) is 0 Å². The van der Waals surface area contributed by atoms with Gasteiger partial charge in [-0.25, -0.2) is 0 Å². The molecule has 1 aromatic rings. The van der Waals surface area contributed by atoms with Crippen LogP contribution in [-0.4, -0.2) is 36.1 Å². The maximum absolute atomic E-state index is 12.5. The Morgan fingerprint density at radius 3 is 2.80 bits per heavy atom. The van der Waals surface area contributed by atoms with Crippen molar-refractivity contribution in [2.24, 2.45) is 0 Å². The second kappa shape index (κ2) is 5.72. The number of hydrogen-bond donors (Lipinski definition) is 1. The summed E-state index contributed by atoms with van der Waals surface area (Å²) >= 11 is 6.08. The van der Waals surface area contributed by atoms with Gasteiger partial charge < -0.3 is 9.64 Å². The van der Waals surface area contributed by atoms with Gasteiger partial charge in [0.2, 0.25) is 5.91 Å². The number of carbonyl (C=O) groups excluding carboxylic acids is 1. The van der Waals surface area contributed by atoms with E-state index in [4.69, 9.17) is 16.3 Å². The number of nitrogens with zero attached hydrogens (tertiary/aromatic N) is 1. The highest BCUT2D eigenvalue weighted by molar-refractivity contribution is 6.30. The molecule has 0 aliphatic carbocycles. The van der Waals surface area contributed by atoms with Crippen molar-refractivity contribution in [3.63, 3.8) is 0 Å². The molecular weight excluding hydrogens is 276 g/mol. The summed E-state index contributed by atoms with van der Waals surface area (Å²) in [6.07, 6.45) is 1.72. The molecule has 1 amide bonds. The summed E-state index contributed by atoms with van der Waals surface area (Å²) in [5.41, 5.74) is 1.04. The number of carbonyl (C=O) groups is 1. The Hall–Kier alpha value is -1.10. The summed E-state index contributed by atoms with van der Waals surface area (Å²) in [4.78, 5) is 14.4. The number of hydrogen-bond acceptors (Lipinski definition) is 3. The molecule has 5 heteroatoms. The third kappa shape index (κ3) is 2.55. The lowest BCUT2D eigenvalue weighted by Crippen LogP contribution is -2.43. The smallest absolute Gasteiger partial charge is 0.241 e. The van der Waals surface area contributed by atoms with Crippen LogP contribution in [0, 0.1) is 0 Å². The van der Waals surface area contributed by atoms with Gasteiger partial charge in [0, 0.05) is 24.3 Å². The van der Waals surface area contributed by atoms with Crippen LogP contribution < -0.4 is 5.32 Å². The monoisotopic (exact) mass is 294 g/mol. The van der Waals surface area contributed by atoms with Crippen molar-refractivity contribution in [1.82, 2.24) is 10.2 Å². The predicted octanol–water partition coefficient (Wildman–Crippen LogP) is 2.34. The summed E-state index contributed by atoms with van der Waals surface area (Å²) in [7, 11) is 0. The van der Waals surface area contributed by atoms with E-state index in [1.807, 2.05) is 36.1 Å². The first-order valence-electron chi connectivity index (χ1n) is 7.08. The van der Waals surface area contributed by atoms with Crippen molar-refractivity contribution in [3.8, 4) is 0 Å². The number of benzene rings is 1. The van der Waals surface area contributed by atoms with E-state index in [9.17, 15) is 4.79 Å². The highest BCUT2D eigenvalue weighted by Crippen LogP contribution is 2.31. The zero-order valence-electron chi connectivity index (χ0n) is 11.5. The number of ether oxygens (including phenoxy) is 1. The third-order valence-corrected chi connectivity index (χ3v) is 4.29. The Morgan fingerprint density at radius 2 is 2.10 bits per heavy atom. The van der Waals surface area contributed by atoms with Crippen LogP contribution in [0.5, 0.6) is 0 Å². The summed E-state index contributed by atoms with van der Waals surface area (Å²) in [5.74, 6) is 0.168. The number of amides is 1. The first-order valence-corrected chi connectivity index (χ1v) is 7.46. The van der Waals surface area contributed by atoms with Gasteiger partial charge in [0.15, 0.2) is 0 Å². The minimum Gasteiger partial charge on any atom is -0.381 e. The summed E-state index contributed by atoms with van der Waals surface area (Å²) in [5, 5.41) is 4.07. The molecule has 2 saturated heterocycles. The predicted molar refractivity (Wildman–Crippen MR) is 77.5 cm³/mol. The molecule has 2 atom stereocenters. The molecule has 108 valence electrons. The summed E-state index contributed by atoms with van der Waals surface area (Å²) < 4.78 is 5.40. The normalized spacial score (nSPS) is 28.1. The van der Waals surface area contributed by atoms with Crippen LogP contribution in [0.25, 0.3) is 0 Å². The van der Waals surface area contributed by atoms with Crippen molar-refractivity contribution < 1.29 is 9.53 Å². The molecule has 4 nitrogen and oxygen atoms in total. The molecule has 2 aliphatic rings. The molecule has 3 rings (SSSR count). The molecule has 2 heterocycles. The van der Waals surface area contributed by atoms with Crippen molar-refractivity contribution in [2.45, 2.75) is 38.0 Å². The standard InChI is InChI=1S/C15H19ClN2O2/c1-10-15(19)18(13-5-7-20-8-6-13)14(17-10)11-3-2-4-12(16)9-11/h2-4,9-10,13-14,17H,5-8H2,1H3. The van der Waals surface area contributed by atoms with Crippen molar-refractivity contribution in [1.29, 1.82) is 0 Å². The van der Waals surface area contributed by atoms with Gasteiger partial charge in [-0.3, -0.25) is 10.1 Å². The highest BCUT2D eigenvalue weighted by Gasteiger charge is 2.41. The molecule has 0 radical (unpaired) electrons. The SMILES string of the molecule is CC1NC(c2cccc(Cl)c2)N(C2CCOCC2)C1=O. The van der Waals surface area contributed by atoms with Gasteiger partial charge >= 0.3 is 0 Å². The second-order valence-corrected chi connectivity index (χ2v) is 5.87. The average molecular weight is 295 g/mol. The Balaban J connectivity index is 1.89. The molecule has 0 saturated carbocycles. The van der Waals surface area contributed by atoms with E-state index < -0.39 is 0 Å². The maximum Gasteiger partial charge on any atom is 0.241 e. The van der Waals surface area contributed by atoms with Crippen LogP contribution >= 0.6 is 11.6 Å². The van der Waals surface area contributed by atoms with Crippen LogP contribution in [0.15, 0.2) is 24.3 Å². The number of rotatable bonds is 2. The Kier molecular flexibility index (Phi) is 3.96. The molecule has 1 aromatic carbocycles. The first kappa shape index (κ1) is 13.9. The topological polar surface area (TPSA) is 41.6 Å². The van der Waals surface area contributed by atoms with E-state index in [1.54, 1.807) is 0 Å². The fourth-order valence-corrected chi connectivity index (χ4v) is 3.23. The molecule has 0 aromatic heterocycles. The Bertz CT molecular complexity index is 502. The molecule has 0 spiro atoms. The molecule has 2 unspecified atom stereocenters. The van der Waals surface area contributed by atoms with Crippen molar-refractivity contribution in [3.05, 3.63) is 34.9 Å². The zero-order chi connectivity index (χ0) is 14.1. The quantitative estimate of drug-likeness (QED) is 0.910.